The molecule has 0 saturated heterocycles. The number of aromatic nitrogens is 1. The molecule has 1 aromatic heterocycles. The number of rotatable bonds is 7. The van der Waals surface area contributed by atoms with Crippen LogP contribution in [0, 0.1) is 0 Å². The molecule has 1 unspecified atom stereocenters. The Morgan fingerprint density at radius 2 is 1.50 bits per heavy atom. The van der Waals surface area contributed by atoms with Gasteiger partial charge in [-0.3, -0.25) is 9.78 Å². The first-order chi connectivity index (χ1) is 13.7. The van der Waals surface area contributed by atoms with Crippen molar-refractivity contribution in [3.05, 3.63) is 83.7 Å². The minimum absolute atomic E-state index is 0.308. The summed E-state index contributed by atoms with van der Waals surface area (Å²) < 4.78 is 16.0. The normalized spacial score (nSPS) is 11.4. The Balaban J connectivity index is 1.99. The van der Waals surface area contributed by atoms with Crippen molar-refractivity contribution in [1.29, 1.82) is 0 Å². The molecule has 1 N–H and O–H groups in total. The highest BCUT2D eigenvalue weighted by atomic mass is 16.5. The Bertz CT molecular complexity index is 891. The van der Waals surface area contributed by atoms with Crippen LogP contribution in [0.5, 0.6) is 17.2 Å². The van der Waals surface area contributed by atoms with Crippen molar-refractivity contribution < 1.29 is 19.0 Å². The molecule has 0 bridgehead atoms. The van der Waals surface area contributed by atoms with Gasteiger partial charge in [0.15, 0.2) is 11.5 Å². The average molecular weight is 378 g/mol. The molecule has 2 aromatic carbocycles. The largest absolute Gasteiger partial charge is 0.496 e. The Kier molecular flexibility index (Phi) is 6.11. The zero-order valence-corrected chi connectivity index (χ0v) is 16.0. The van der Waals surface area contributed by atoms with E-state index in [1.165, 1.54) is 21.3 Å². The predicted molar refractivity (Wildman–Crippen MR) is 106 cm³/mol. The van der Waals surface area contributed by atoms with Crippen LogP contribution >= 0.6 is 0 Å². The fraction of sp³-hybridized carbons (Fsp3) is 0.182. The summed E-state index contributed by atoms with van der Waals surface area (Å²) in [6, 6.07) is 18.1. The third-order valence-electron chi connectivity index (χ3n) is 4.34. The molecule has 0 aliphatic heterocycles. The third-order valence-corrected chi connectivity index (χ3v) is 4.34. The fourth-order valence-electron chi connectivity index (χ4n) is 2.94. The van der Waals surface area contributed by atoms with Crippen LogP contribution in [0.3, 0.4) is 0 Å². The van der Waals surface area contributed by atoms with E-state index >= 15 is 0 Å². The van der Waals surface area contributed by atoms with Crippen molar-refractivity contribution in [2.75, 3.05) is 21.3 Å². The highest BCUT2D eigenvalue weighted by Gasteiger charge is 2.23. The number of amides is 1. The van der Waals surface area contributed by atoms with Gasteiger partial charge in [0, 0.05) is 18.3 Å². The maximum atomic E-state index is 13.1. The number of pyridine rings is 1. The molecule has 0 aliphatic carbocycles. The van der Waals surface area contributed by atoms with E-state index in [0.717, 1.165) is 11.3 Å². The number of carbonyl (C=O) groups is 1. The van der Waals surface area contributed by atoms with Crippen molar-refractivity contribution in [2.45, 2.75) is 6.04 Å². The molecule has 144 valence electrons. The van der Waals surface area contributed by atoms with Gasteiger partial charge in [-0.15, -0.1) is 0 Å². The van der Waals surface area contributed by atoms with Gasteiger partial charge in [0.25, 0.3) is 5.91 Å². The maximum Gasteiger partial charge on any atom is 0.255 e. The minimum atomic E-state index is -0.410. The minimum Gasteiger partial charge on any atom is -0.496 e. The summed E-state index contributed by atoms with van der Waals surface area (Å²) in [5, 5.41) is 3.05. The number of ether oxygens (including phenoxy) is 3. The molecule has 0 aliphatic rings. The standard InChI is InChI=1S/C22H22N2O4/c1-26-18-14-20(28-3)19(27-2)13-16(18)22(25)24-21(15-9-5-4-6-10-15)17-11-7-8-12-23-17/h4-14,21H,1-3H3,(H,24,25). The van der Waals surface area contributed by atoms with Crippen LogP contribution in [0.25, 0.3) is 0 Å². The number of benzene rings is 2. The summed E-state index contributed by atoms with van der Waals surface area (Å²) in [5.74, 6) is 1.02. The average Bonchev–Trinajstić information content (AvgIpc) is 2.77. The van der Waals surface area contributed by atoms with Gasteiger partial charge in [-0.25, -0.2) is 0 Å². The van der Waals surface area contributed by atoms with Crippen molar-refractivity contribution in [3.8, 4) is 17.2 Å². The molecule has 3 rings (SSSR count). The first kappa shape index (κ1) is 19.2. The predicted octanol–water partition coefficient (Wildman–Crippen LogP) is 3.63. The molecule has 1 amide bonds. The summed E-state index contributed by atoms with van der Waals surface area (Å²) in [5.41, 5.74) is 2.01. The number of nitrogens with zero attached hydrogens (tertiary/aromatic N) is 1. The molecule has 6 nitrogen and oxygen atoms in total. The van der Waals surface area contributed by atoms with Crippen LogP contribution in [0.1, 0.15) is 27.7 Å². The van der Waals surface area contributed by atoms with E-state index in [1.54, 1.807) is 18.3 Å². The van der Waals surface area contributed by atoms with Crippen LogP contribution in [-0.4, -0.2) is 32.2 Å². The molecule has 1 heterocycles. The summed E-state index contributed by atoms with van der Waals surface area (Å²) in [7, 11) is 4.56. The van der Waals surface area contributed by atoms with E-state index in [1.807, 2.05) is 48.5 Å². The molecule has 0 radical (unpaired) electrons. The summed E-state index contributed by atoms with van der Waals surface area (Å²) in [6.07, 6.45) is 1.70. The second-order valence-electron chi connectivity index (χ2n) is 5.98. The number of methoxy groups -OCH3 is 3. The summed E-state index contributed by atoms with van der Waals surface area (Å²) in [4.78, 5) is 17.5. The van der Waals surface area contributed by atoms with Gasteiger partial charge in [0.2, 0.25) is 0 Å². The molecule has 1 atom stereocenters. The zero-order valence-electron chi connectivity index (χ0n) is 16.0. The lowest BCUT2D eigenvalue weighted by Gasteiger charge is -2.20. The number of hydrogen-bond acceptors (Lipinski definition) is 5. The summed E-state index contributed by atoms with van der Waals surface area (Å²) in [6.45, 7) is 0. The highest BCUT2D eigenvalue weighted by Crippen LogP contribution is 2.35. The number of hydrogen-bond donors (Lipinski definition) is 1. The van der Waals surface area contributed by atoms with E-state index < -0.39 is 6.04 Å². The first-order valence-electron chi connectivity index (χ1n) is 8.74. The third kappa shape index (κ3) is 4.06. The van der Waals surface area contributed by atoms with Crippen LogP contribution in [-0.2, 0) is 0 Å². The first-order valence-corrected chi connectivity index (χ1v) is 8.74. The van der Waals surface area contributed by atoms with Gasteiger partial charge in [-0.2, -0.15) is 0 Å². The van der Waals surface area contributed by atoms with Crippen LogP contribution < -0.4 is 19.5 Å². The van der Waals surface area contributed by atoms with Crippen molar-refractivity contribution >= 4 is 5.91 Å². The van der Waals surface area contributed by atoms with Gasteiger partial charge in [-0.1, -0.05) is 36.4 Å². The molecular formula is C22H22N2O4. The maximum absolute atomic E-state index is 13.1. The molecule has 3 aromatic rings. The van der Waals surface area contributed by atoms with E-state index in [-0.39, 0.29) is 5.91 Å². The van der Waals surface area contributed by atoms with E-state index in [2.05, 4.69) is 10.3 Å². The lowest BCUT2D eigenvalue weighted by Crippen LogP contribution is -2.30. The van der Waals surface area contributed by atoms with Crippen LogP contribution in [0.15, 0.2) is 66.9 Å². The molecule has 0 spiro atoms. The fourth-order valence-corrected chi connectivity index (χ4v) is 2.94. The van der Waals surface area contributed by atoms with Crippen molar-refractivity contribution in [2.24, 2.45) is 0 Å². The molecule has 6 heteroatoms. The Morgan fingerprint density at radius 1 is 0.857 bits per heavy atom. The van der Waals surface area contributed by atoms with Gasteiger partial charge in [0.1, 0.15) is 5.75 Å². The smallest absolute Gasteiger partial charge is 0.255 e. The van der Waals surface area contributed by atoms with E-state index in [4.69, 9.17) is 14.2 Å². The lowest BCUT2D eigenvalue weighted by molar-refractivity contribution is 0.0938. The SMILES string of the molecule is COc1cc(OC)c(C(=O)NC(c2ccccc2)c2ccccn2)cc1OC. The van der Waals surface area contributed by atoms with Crippen molar-refractivity contribution in [1.82, 2.24) is 10.3 Å². The monoisotopic (exact) mass is 378 g/mol. The highest BCUT2D eigenvalue weighted by molar-refractivity contribution is 5.98. The quantitative estimate of drug-likeness (QED) is 0.680. The van der Waals surface area contributed by atoms with Gasteiger partial charge in [-0.05, 0) is 17.7 Å². The van der Waals surface area contributed by atoms with Gasteiger partial charge >= 0.3 is 0 Å². The van der Waals surface area contributed by atoms with Crippen LogP contribution in [0.4, 0.5) is 0 Å². The molecule has 0 fully saturated rings. The Hall–Kier alpha value is -3.54. The molecule has 0 saturated carbocycles. The Labute approximate surface area is 164 Å². The summed E-state index contributed by atoms with van der Waals surface area (Å²) >= 11 is 0. The zero-order chi connectivity index (χ0) is 19.9. The number of nitrogens with one attached hydrogen (secondary N) is 1. The van der Waals surface area contributed by atoms with E-state index in [9.17, 15) is 4.79 Å². The second kappa shape index (κ2) is 8.90. The van der Waals surface area contributed by atoms with Crippen LogP contribution in [0.2, 0.25) is 0 Å². The van der Waals surface area contributed by atoms with Crippen molar-refractivity contribution in [3.63, 3.8) is 0 Å². The Morgan fingerprint density at radius 3 is 2.11 bits per heavy atom. The second-order valence-corrected chi connectivity index (χ2v) is 5.98. The lowest BCUT2D eigenvalue weighted by atomic mass is 10.0. The molecular weight excluding hydrogens is 356 g/mol. The van der Waals surface area contributed by atoms with E-state index in [0.29, 0.717) is 22.8 Å². The van der Waals surface area contributed by atoms with Gasteiger partial charge in [0.05, 0.1) is 38.6 Å². The van der Waals surface area contributed by atoms with Gasteiger partial charge < -0.3 is 19.5 Å². The topological polar surface area (TPSA) is 69.7 Å². The number of carbonyl (C=O) groups excluding carboxylic acids is 1. The molecule has 28 heavy (non-hydrogen) atoms.